The van der Waals surface area contributed by atoms with E-state index in [-0.39, 0.29) is 6.61 Å². The summed E-state index contributed by atoms with van der Waals surface area (Å²) < 4.78 is 118. The maximum absolute atomic E-state index is 15.1. The van der Waals surface area contributed by atoms with E-state index in [4.69, 9.17) is 9.47 Å². The molecule has 2 aliphatic heterocycles. The quantitative estimate of drug-likeness (QED) is 0.608. The van der Waals surface area contributed by atoms with Gasteiger partial charge in [-0.1, -0.05) is 0 Å². The average molecular weight is 494 g/mol. The van der Waals surface area contributed by atoms with Crippen molar-refractivity contribution in [1.29, 1.82) is 0 Å². The number of sulfone groups is 2. The Kier molecular flexibility index (Phi) is 5.53. The van der Waals surface area contributed by atoms with E-state index < -0.39 is 94.7 Å². The minimum atomic E-state index is -4.81. The largest absolute Gasteiger partial charge is 0.490 e. The van der Waals surface area contributed by atoms with Crippen LogP contribution in [0.4, 0.5) is 17.6 Å². The molecule has 0 aliphatic carbocycles. The predicted molar refractivity (Wildman–Crippen MR) is 105 cm³/mol. The van der Waals surface area contributed by atoms with Gasteiger partial charge in [-0.15, -0.1) is 0 Å². The molecule has 4 rings (SSSR count). The van der Waals surface area contributed by atoms with Crippen LogP contribution in [-0.2, 0) is 29.2 Å². The highest BCUT2D eigenvalue weighted by Crippen LogP contribution is 2.55. The molecule has 174 valence electrons. The Bertz CT molecular complexity index is 1280. The highest BCUT2D eigenvalue weighted by molar-refractivity contribution is 7.92. The van der Waals surface area contributed by atoms with E-state index in [0.717, 1.165) is 18.4 Å². The Morgan fingerprint density at radius 2 is 1.62 bits per heavy atom. The first-order chi connectivity index (χ1) is 14.9. The summed E-state index contributed by atoms with van der Waals surface area (Å²) >= 11 is 0. The molecule has 1 fully saturated rings. The normalized spacial score (nSPS) is 25.5. The number of halogens is 4. The molecule has 2 heterocycles. The van der Waals surface area contributed by atoms with Crippen molar-refractivity contribution in [2.24, 2.45) is 5.92 Å². The molecule has 0 bridgehead atoms. The first-order valence-electron chi connectivity index (χ1n) is 9.48. The number of hydrogen-bond acceptors (Lipinski definition) is 6. The minimum Gasteiger partial charge on any atom is -0.490 e. The molecule has 2 aliphatic rings. The van der Waals surface area contributed by atoms with Gasteiger partial charge in [0.05, 0.1) is 28.9 Å². The summed E-state index contributed by atoms with van der Waals surface area (Å²) in [4.78, 5) is -0.781. The molecule has 0 spiro atoms. The summed E-state index contributed by atoms with van der Waals surface area (Å²) in [6.45, 7) is -0.826. The van der Waals surface area contributed by atoms with Gasteiger partial charge in [0.1, 0.15) is 32.0 Å². The van der Waals surface area contributed by atoms with Crippen LogP contribution >= 0.6 is 0 Å². The van der Waals surface area contributed by atoms with Gasteiger partial charge in [-0.05, 0) is 30.7 Å². The predicted octanol–water partition coefficient (Wildman–Crippen LogP) is 2.75. The Morgan fingerprint density at radius 1 is 1.00 bits per heavy atom. The monoisotopic (exact) mass is 494 g/mol. The maximum Gasteiger partial charge on any atom is 0.189 e. The maximum atomic E-state index is 15.1. The average Bonchev–Trinajstić information content (AvgIpc) is 2.68. The Labute approximate surface area is 182 Å². The van der Waals surface area contributed by atoms with E-state index in [0.29, 0.717) is 18.2 Å². The zero-order chi connectivity index (χ0) is 23.5. The third kappa shape index (κ3) is 3.57. The van der Waals surface area contributed by atoms with E-state index in [1.165, 1.54) is 0 Å². The van der Waals surface area contributed by atoms with Crippen molar-refractivity contribution in [3.05, 3.63) is 59.2 Å². The lowest BCUT2D eigenvalue weighted by Crippen LogP contribution is -2.58. The van der Waals surface area contributed by atoms with Gasteiger partial charge in [0.15, 0.2) is 21.4 Å². The van der Waals surface area contributed by atoms with E-state index >= 15 is 4.39 Å². The molecule has 12 heteroatoms. The molecule has 1 saturated heterocycles. The summed E-state index contributed by atoms with van der Waals surface area (Å²) in [6, 6.07) is 3.13. The van der Waals surface area contributed by atoms with Crippen LogP contribution in [0.15, 0.2) is 35.2 Å². The van der Waals surface area contributed by atoms with E-state index in [9.17, 15) is 30.0 Å². The molecule has 0 saturated carbocycles. The first kappa shape index (κ1) is 23.0. The van der Waals surface area contributed by atoms with E-state index in [1.54, 1.807) is 0 Å². The third-order valence-corrected chi connectivity index (χ3v) is 9.30. The summed E-state index contributed by atoms with van der Waals surface area (Å²) in [5, 5.41) is 0. The lowest BCUT2D eigenvalue weighted by molar-refractivity contribution is -0.0608. The van der Waals surface area contributed by atoms with Gasteiger partial charge in [0.2, 0.25) is 0 Å². The van der Waals surface area contributed by atoms with Crippen molar-refractivity contribution in [2.45, 2.75) is 22.2 Å². The van der Waals surface area contributed by atoms with Gasteiger partial charge < -0.3 is 9.47 Å². The van der Waals surface area contributed by atoms with Crippen molar-refractivity contribution in [3.8, 4) is 5.75 Å². The highest BCUT2D eigenvalue weighted by Gasteiger charge is 2.62. The smallest absolute Gasteiger partial charge is 0.189 e. The Hall–Kier alpha value is -2.18. The molecule has 6 nitrogen and oxygen atoms in total. The van der Waals surface area contributed by atoms with Crippen molar-refractivity contribution < 1.29 is 43.9 Å². The molecular weight excluding hydrogens is 476 g/mol. The second-order valence-electron chi connectivity index (χ2n) is 7.90. The first-order valence-corrected chi connectivity index (χ1v) is 13.0. The molecule has 3 atom stereocenters. The summed E-state index contributed by atoms with van der Waals surface area (Å²) in [7, 11) is -8.49. The Balaban J connectivity index is 2.04. The molecule has 0 radical (unpaired) electrons. The summed E-state index contributed by atoms with van der Waals surface area (Å²) in [6.07, 6.45) is -0.737. The fraction of sp³-hybridized carbons (Fsp3) is 0.400. The minimum absolute atomic E-state index is 0.316. The molecule has 0 unspecified atom stereocenters. The van der Waals surface area contributed by atoms with E-state index in [2.05, 4.69) is 0 Å². The SMILES string of the molecule is CS(=O)(=O)C[C@@H]1OCC[C@@]2(S(=O)(=O)c3cc(F)cc(F)c3)c3c(F)ccc(F)c3OC[C@@H]12. The zero-order valence-electron chi connectivity index (χ0n) is 16.6. The van der Waals surface area contributed by atoms with Crippen LogP contribution in [0.25, 0.3) is 0 Å². The molecule has 0 aromatic heterocycles. The van der Waals surface area contributed by atoms with Gasteiger partial charge in [0.25, 0.3) is 0 Å². The fourth-order valence-electron chi connectivity index (χ4n) is 4.58. The highest BCUT2D eigenvalue weighted by atomic mass is 32.2. The molecule has 2 aromatic carbocycles. The number of ether oxygens (including phenoxy) is 2. The molecule has 32 heavy (non-hydrogen) atoms. The van der Waals surface area contributed by atoms with Crippen molar-refractivity contribution in [3.63, 3.8) is 0 Å². The lowest BCUT2D eigenvalue weighted by Gasteiger charge is -2.49. The fourth-order valence-corrected chi connectivity index (χ4v) is 7.89. The van der Waals surface area contributed by atoms with Gasteiger partial charge in [-0.2, -0.15) is 0 Å². The van der Waals surface area contributed by atoms with Crippen LogP contribution in [0.2, 0.25) is 0 Å². The Morgan fingerprint density at radius 3 is 2.25 bits per heavy atom. The van der Waals surface area contributed by atoms with Crippen molar-refractivity contribution in [1.82, 2.24) is 0 Å². The van der Waals surface area contributed by atoms with Crippen molar-refractivity contribution >= 4 is 19.7 Å². The van der Waals surface area contributed by atoms with Gasteiger partial charge in [-0.25, -0.2) is 34.4 Å². The lowest BCUT2D eigenvalue weighted by atomic mass is 9.76. The van der Waals surface area contributed by atoms with Crippen molar-refractivity contribution in [2.75, 3.05) is 25.2 Å². The number of fused-ring (bicyclic) bond motifs is 3. The molecule has 0 amide bonds. The van der Waals surface area contributed by atoms with Gasteiger partial charge >= 0.3 is 0 Å². The van der Waals surface area contributed by atoms with Crippen LogP contribution in [0.3, 0.4) is 0 Å². The van der Waals surface area contributed by atoms with Crippen LogP contribution in [0, 0.1) is 29.2 Å². The van der Waals surface area contributed by atoms with Crippen LogP contribution in [0.5, 0.6) is 5.75 Å². The second-order valence-corrected chi connectivity index (χ2v) is 12.3. The van der Waals surface area contributed by atoms with Crippen LogP contribution < -0.4 is 4.74 Å². The van der Waals surface area contributed by atoms with Gasteiger partial charge in [-0.3, -0.25) is 0 Å². The number of rotatable bonds is 4. The number of hydrogen-bond donors (Lipinski definition) is 0. The third-order valence-electron chi connectivity index (χ3n) is 5.84. The van der Waals surface area contributed by atoms with Gasteiger partial charge in [0, 0.05) is 24.8 Å². The summed E-state index contributed by atoms with van der Waals surface area (Å²) in [5.41, 5.74) is -0.639. The zero-order valence-corrected chi connectivity index (χ0v) is 18.3. The molecule has 2 aromatic rings. The summed E-state index contributed by atoms with van der Waals surface area (Å²) in [5.74, 6) is -7.03. The molecule has 0 N–H and O–H groups in total. The second kappa shape index (κ2) is 7.70. The van der Waals surface area contributed by atoms with Crippen LogP contribution in [0.1, 0.15) is 12.0 Å². The van der Waals surface area contributed by atoms with Crippen LogP contribution in [-0.4, -0.2) is 48.2 Å². The topological polar surface area (TPSA) is 86.7 Å². The van der Waals surface area contributed by atoms with E-state index in [1.807, 2.05) is 0 Å². The number of benzene rings is 2. The standard InChI is InChI=1S/C20H18F4O6S2/c1-31(25,26)10-17-14-9-30-19-16(24)3-2-15(23)18(19)20(14,4-5-29-17)32(27,28)13-7-11(21)6-12(22)8-13/h2-3,6-8,14,17H,4-5,9-10H2,1H3/t14-,17-,20-/m0/s1. The molecular formula is C20H18F4O6S2.